The third-order valence-corrected chi connectivity index (χ3v) is 3.27. The number of H-pyrrole nitrogens is 1. The topological polar surface area (TPSA) is 117 Å². The Balaban J connectivity index is 2.04. The van der Waals surface area contributed by atoms with Gasteiger partial charge in [-0.3, -0.25) is 4.79 Å². The summed E-state index contributed by atoms with van der Waals surface area (Å²) in [6, 6.07) is 0. The maximum Gasteiger partial charge on any atom is 0.315 e. The minimum atomic E-state index is -0.997. The molecule has 8 nitrogen and oxygen atoms in total. The molecule has 2 heterocycles. The zero-order chi connectivity index (χ0) is 13.2. The summed E-state index contributed by atoms with van der Waals surface area (Å²) in [5.41, 5.74) is -0.474. The molecule has 2 rings (SSSR count). The first-order chi connectivity index (χ1) is 8.50. The van der Waals surface area contributed by atoms with Crippen molar-refractivity contribution in [2.45, 2.75) is 25.8 Å². The highest BCUT2D eigenvalue weighted by Gasteiger charge is 2.32. The summed E-state index contributed by atoms with van der Waals surface area (Å²) in [5.74, 6) is -0.387. The van der Waals surface area contributed by atoms with Crippen LogP contribution in [-0.4, -0.2) is 36.7 Å². The predicted molar refractivity (Wildman–Crippen MR) is 64.3 cm³/mol. The highest BCUT2D eigenvalue weighted by atomic mass is 32.1. The molecule has 18 heavy (non-hydrogen) atoms. The highest BCUT2D eigenvalue weighted by Crippen LogP contribution is 2.27. The van der Waals surface area contributed by atoms with Crippen LogP contribution >= 0.6 is 11.3 Å². The summed E-state index contributed by atoms with van der Waals surface area (Å²) in [5, 5.41) is 27.8. The van der Waals surface area contributed by atoms with Gasteiger partial charge in [-0.05, 0) is 13.8 Å². The molecule has 0 aliphatic rings. The van der Waals surface area contributed by atoms with E-state index in [1.54, 1.807) is 19.2 Å². The molecule has 9 heteroatoms. The van der Waals surface area contributed by atoms with E-state index in [-0.39, 0.29) is 0 Å². The van der Waals surface area contributed by atoms with Crippen molar-refractivity contribution in [3.8, 4) is 0 Å². The summed E-state index contributed by atoms with van der Waals surface area (Å²) < 4.78 is 0. The smallest absolute Gasteiger partial charge is 0.315 e. The summed E-state index contributed by atoms with van der Waals surface area (Å²) in [7, 11) is 0. The normalized spacial score (nSPS) is 11.4. The van der Waals surface area contributed by atoms with Gasteiger partial charge in [0, 0.05) is 5.38 Å². The van der Waals surface area contributed by atoms with Gasteiger partial charge in [0.2, 0.25) is 0 Å². The van der Waals surface area contributed by atoms with E-state index in [0.717, 1.165) is 0 Å². The molecule has 0 amide bonds. The standard InChI is InChI=1S/C9H12N6O2S/c1-9(2,7(16)17)5-4-18-8(11-5)10-3-6-12-14-15-13-6/h4H,3H2,1-2H3,(H,10,11)(H,16,17)(H,12,13,14,15). The summed E-state index contributed by atoms with van der Waals surface area (Å²) >= 11 is 1.34. The highest BCUT2D eigenvalue weighted by molar-refractivity contribution is 7.13. The molecule has 0 radical (unpaired) electrons. The van der Waals surface area contributed by atoms with E-state index in [2.05, 4.69) is 30.9 Å². The molecular formula is C9H12N6O2S. The van der Waals surface area contributed by atoms with Crippen LogP contribution in [0.5, 0.6) is 0 Å². The Hall–Kier alpha value is -2.03. The maximum absolute atomic E-state index is 11.1. The molecule has 2 aromatic rings. The van der Waals surface area contributed by atoms with Gasteiger partial charge in [0.05, 0.1) is 12.2 Å². The van der Waals surface area contributed by atoms with Crippen LogP contribution in [0.15, 0.2) is 5.38 Å². The number of thiazole rings is 1. The Morgan fingerprint density at radius 3 is 3.00 bits per heavy atom. The maximum atomic E-state index is 11.1. The second kappa shape index (κ2) is 4.69. The van der Waals surface area contributed by atoms with E-state index in [4.69, 9.17) is 5.11 Å². The van der Waals surface area contributed by atoms with Gasteiger partial charge in [-0.1, -0.05) is 5.21 Å². The first kappa shape index (κ1) is 12.4. The van der Waals surface area contributed by atoms with Crippen molar-refractivity contribution in [3.05, 3.63) is 16.9 Å². The van der Waals surface area contributed by atoms with Crippen molar-refractivity contribution in [2.24, 2.45) is 0 Å². The van der Waals surface area contributed by atoms with E-state index < -0.39 is 11.4 Å². The van der Waals surface area contributed by atoms with E-state index >= 15 is 0 Å². The van der Waals surface area contributed by atoms with Gasteiger partial charge >= 0.3 is 5.97 Å². The predicted octanol–water partition coefficient (Wildman–Crippen LogP) is 0.630. The van der Waals surface area contributed by atoms with Crippen LogP contribution in [0.25, 0.3) is 0 Å². The molecule has 0 spiro atoms. The van der Waals surface area contributed by atoms with Crippen molar-refractivity contribution in [3.63, 3.8) is 0 Å². The summed E-state index contributed by atoms with van der Waals surface area (Å²) in [4.78, 5) is 15.3. The zero-order valence-corrected chi connectivity index (χ0v) is 10.7. The molecule has 2 aromatic heterocycles. The Kier molecular flexibility index (Phi) is 3.24. The second-order valence-corrected chi connectivity index (χ2v) is 5.01. The number of carboxylic acid groups (broad SMARTS) is 1. The van der Waals surface area contributed by atoms with Gasteiger partial charge < -0.3 is 10.4 Å². The number of nitrogens with zero attached hydrogens (tertiary/aromatic N) is 4. The average molecular weight is 268 g/mol. The molecule has 96 valence electrons. The zero-order valence-electron chi connectivity index (χ0n) is 9.84. The molecule has 0 aromatic carbocycles. The lowest BCUT2D eigenvalue weighted by Gasteiger charge is -2.15. The second-order valence-electron chi connectivity index (χ2n) is 4.15. The molecule has 3 N–H and O–H groups in total. The van der Waals surface area contributed by atoms with Crippen LogP contribution in [0.3, 0.4) is 0 Å². The monoisotopic (exact) mass is 268 g/mol. The number of tetrazole rings is 1. The van der Waals surface area contributed by atoms with Crippen LogP contribution in [0, 0.1) is 0 Å². The lowest BCUT2D eigenvalue weighted by atomic mass is 9.90. The number of anilines is 1. The fourth-order valence-corrected chi connectivity index (χ4v) is 2.04. The van der Waals surface area contributed by atoms with Gasteiger partial charge in [0.15, 0.2) is 11.0 Å². The molecule has 0 aliphatic heterocycles. The number of hydrogen-bond acceptors (Lipinski definition) is 7. The van der Waals surface area contributed by atoms with Gasteiger partial charge in [0.25, 0.3) is 0 Å². The van der Waals surface area contributed by atoms with Crippen molar-refractivity contribution in [1.29, 1.82) is 0 Å². The van der Waals surface area contributed by atoms with E-state index in [9.17, 15) is 4.79 Å². The Bertz CT molecular complexity index is 535. The number of aromatic nitrogens is 5. The Morgan fingerprint density at radius 1 is 1.61 bits per heavy atom. The fourth-order valence-electron chi connectivity index (χ4n) is 1.16. The number of aliphatic carboxylic acids is 1. The minimum Gasteiger partial charge on any atom is -0.481 e. The Morgan fingerprint density at radius 2 is 2.39 bits per heavy atom. The number of carbonyl (C=O) groups is 1. The van der Waals surface area contributed by atoms with Crippen LogP contribution in [0.2, 0.25) is 0 Å². The Labute approximate surface area is 106 Å². The van der Waals surface area contributed by atoms with Crippen molar-refractivity contribution < 1.29 is 9.90 Å². The van der Waals surface area contributed by atoms with E-state index in [1.807, 2.05) is 0 Å². The van der Waals surface area contributed by atoms with Gasteiger partial charge in [-0.25, -0.2) is 4.98 Å². The molecule has 0 atom stereocenters. The van der Waals surface area contributed by atoms with Crippen molar-refractivity contribution in [1.82, 2.24) is 25.6 Å². The third-order valence-electron chi connectivity index (χ3n) is 2.47. The number of aromatic amines is 1. The molecule has 0 aliphatic carbocycles. The lowest BCUT2D eigenvalue weighted by molar-refractivity contribution is -0.142. The number of rotatable bonds is 5. The van der Waals surface area contributed by atoms with Gasteiger partial charge in [-0.15, -0.1) is 21.5 Å². The first-order valence-corrected chi connectivity index (χ1v) is 6.03. The largest absolute Gasteiger partial charge is 0.481 e. The first-order valence-electron chi connectivity index (χ1n) is 5.15. The number of carboxylic acids is 1. The van der Waals surface area contributed by atoms with Crippen LogP contribution in [0.4, 0.5) is 5.13 Å². The molecule has 0 bridgehead atoms. The fraction of sp³-hybridized carbons (Fsp3) is 0.444. The van der Waals surface area contributed by atoms with Gasteiger partial charge in [-0.2, -0.15) is 5.21 Å². The number of hydrogen-bond donors (Lipinski definition) is 3. The van der Waals surface area contributed by atoms with Gasteiger partial charge in [0.1, 0.15) is 5.41 Å². The van der Waals surface area contributed by atoms with Crippen molar-refractivity contribution >= 4 is 22.4 Å². The van der Waals surface area contributed by atoms with Crippen molar-refractivity contribution in [2.75, 3.05) is 5.32 Å². The third kappa shape index (κ3) is 2.45. The lowest BCUT2D eigenvalue weighted by Crippen LogP contribution is -2.28. The molecule has 0 unspecified atom stereocenters. The van der Waals surface area contributed by atoms with E-state index in [0.29, 0.717) is 23.2 Å². The summed E-state index contributed by atoms with van der Waals surface area (Å²) in [6.07, 6.45) is 0. The van der Waals surface area contributed by atoms with Crippen LogP contribution < -0.4 is 5.32 Å². The molecule has 0 saturated carbocycles. The quantitative estimate of drug-likeness (QED) is 0.728. The minimum absolute atomic E-state index is 0.386. The molecular weight excluding hydrogens is 256 g/mol. The van der Waals surface area contributed by atoms with Crippen LogP contribution in [0.1, 0.15) is 25.4 Å². The average Bonchev–Trinajstić information content (AvgIpc) is 2.97. The van der Waals surface area contributed by atoms with E-state index in [1.165, 1.54) is 11.3 Å². The molecule has 0 fully saturated rings. The summed E-state index contributed by atoms with van der Waals surface area (Å²) in [6.45, 7) is 3.62. The van der Waals surface area contributed by atoms with Crippen LogP contribution in [-0.2, 0) is 16.8 Å². The SMILES string of the molecule is CC(C)(C(=O)O)c1csc(NCc2nn[nH]n2)n1. The molecule has 0 saturated heterocycles. The number of nitrogens with one attached hydrogen (secondary N) is 2.